The molecule has 0 bridgehead atoms. The first-order valence-electron chi connectivity index (χ1n) is 17.7. The molecule has 3 atom stereocenters. The Morgan fingerprint density at radius 3 is 2.17 bits per heavy atom. The van der Waals surface area contributed by atoms with E-state index in [9.17, 15) is 20.0 Å². The highest BCUT2D eigenvalue weighted by molar-refractivity contribution is 5.94. The topological polar surface area (TPSA) is 117 Å². The molecule has 0 spiro atoms. The molecule has 7 rings (SSSR count). The van der Waals surface area contributed by atoms with Gasteiger partial charge in [0.25, 0.3) is 11.6 Å². The number of anilines is 1. The maximum Gasteiger partial charge on any atom is 0.269 e. The Hall–Kier alpha value is -5.39. The molecule has 0 aliphatic carbocycles. The molecule has 10 nitrogen and oxygen atoms in total. The van der Waals surface area contributed by atoms with Crippen LogP contribution in [0.15, 0.2) is 127 Å². The van der Waals surface area contributed by atoms with Gasteiger partial charge in [-0.15, -0.1) is 0 Å². The molecule has 2 aliphatic rings. The lowest BCUT2D eigenvalue weighted by atomic mass is 9.98. The second kappa shape index (κ2) is 16.3. The third kappa shape index (κ3) is 8.55. The molecule has 5 aromatic rings. The minimum atomic E-state index is -0.559. The van der Waals surface area contributed by atoms with Crippen LogP contribution in [0.25, 0.3) is 11.1 Å². The van der Waals surface area contributed by atoms with Crippen LogP contribution in [0.1, 0.15) is 51.4 Å². The molecule has 0 unspecified atom stereocenters. The van der Waals surface area contributed by atoms with E-state index in [1.807, 2.05) is 66.7 Å². The summed E-state index contributed by atoms with van der Waals surface area (Å²) in [7, 11) is 0. The standard InChI is InChI=1S/C42H42N4O6/c47-29-30-9-11-33(12-10-30)40-26-39(28-44-21-23-45(24-22-44)37-17-19-38(20-18-37)46(49)50)51-42(52-40)35-15-13-32(14-16-35)36-8-4-5-31(25-36)27-43-41(48)34-6-2-1-3-7-34/h1-20,25,39-40,42,47H,21-24,26-29H2,(H,43,48)/t39-,40+,42+/m0/s1. The summed E-state index contributed by atoms with van der Waals surface area (Å²) < 4.78 is 13.3. The van der Waals surface area contributed by atoms with Crippen LogP contribution in [-0.4, -0.2) is 59.7 Å². The summed E-state index contributed by atoms with van der Waals surface area (Å²) in [6.07, 6.45) is -0.116. The van der Waals surface area contributed by atoms with Gasteiger partial charge in [0.05, 0.1) is 23.7 Å². The van der Waals surface area contributed by atoms with Crippen molar-refractivity contribution in [3.05, 3.63) is 165 Å². The average molecular weight is 699 g/mol. The molecule has 266 valence electrons. The van der Waals surface area contributed by atoms with Crippen molar-refractivity contribution < 1.29 is 24.3 Å². The SMILES string of the molecule is O=C(NCc1cccc(-c2ccc([C@@H]3O[C@H](CN4CCN(c5ccc([N+](=O)[O-])cc5)CC4)C[C@H](c4ccc(CO)cc4)O3)cc2)c1)c1ccccc1. The molecule has 10 heteroatoms. The summed E-state index contributed by atoms with van der Waals surface area (Å²) >= 11 is 0. The third-order valence-corrected chi connectivity index (χ3v) is 9.81. The number of piperazine rings is 1. The van der Waals surface area contributed by atoms with Crippen molar-refractivity contribution in [2.24, 2.45) is 0 Å². The van der Waals surface area contributed by atoms with Crippen molar-refractivity contribution in [3.8, 4) is 11.1 Å². The zero-order chi connectivity index (χ0) is 35.9. The van der Waals surface area contributed by atoms with Crippen molar-refractivity contribution >= 4 is 17.3 Å². The summed E-state index contributed by atoms with van der Waals surface area (Å²) in [6.45, 7) is 4.51. The van der Waals surface area contributed by atoms with Crippen LogP contribution in [0.2, 0.25) is 0 Å². The lowest BCUT2D eigenvalue weighted by Crippen LogP contribution is -2.49. The van der Waals surface area contributed by atoms with Crippen molar-refractivity contribution in [3.63, 3.8) is 0 Å². The Labute approximate surface area is 303 Å². The molecule has 2 fully saturated rings. The number of aliphatic hydroxyl groups is 1. The number of rotatable bonds is 11. The lowest BCUT2D eigenvalue weighted by molar-refractivity contribution is -0.384. The van der Waals surface area contributed by atoms with Gasteiger partial charge in [-0.25, -0.2) is 0 Å². The van der Waals surface area contributed by atoms with Crippen LogP contribution in [0, 0.1) is 10.1 Å². The molecule has 5 aromatic carbocycles. The van der Waals surface area contributed by atoms with Crippen LogP contribution in [0.4, 0.5) is 11.4 Å². The Bertz CT molecular complexity index is 1950. The van der Waals surface area contributed by atoms with Gasteiger partial charge in [-0.1, -0.05) is 84.9 Å². The van der Waals surface area contributed by atoms with Gasteiger partial charge >= 0.3 is 0 Å². The number of aliphatic hydroxyl groups excluding tert-OH is 1. The van der Waals surface area contributed by atoms with Crippen LogP contribution >= 0.6 is 0 Å². The first kappa shape index (κ1) is 35.0. The van der Waals surface area contributed by atoms with Crippen molar-refractivity contribution in [1.29, 1.82) is 0 Å². The summed E-state index contributed by atoms with van der Waals surface area (Å²) in [6, 6.07) is 40.3. The monoisotopic (exact) mass is 698 g/mol. The molecule has 0 saturated carbocycles. The number of carbonyl (C=O) groups is 1. The van der Waals surface area contributed by atoms with Gasteiger partial charge in [0.15, 0.2) is 6.29 Å². The van der Waals surface area contributed by atoms with Crippen molar-refractivity contribution in [2.45, 2.75) is 38.1 Å². The van der Waals surface area contributed by atoms with Gasteiger partial charge in [0, 0.05) is 74.6 Å². The Balaban J connectivity index is 1.02. The van der Waals surface area contributed by atoms with E-state index in [4.69, 9.17) is 9.47 Å². The Morgan fingerprint density at radius 1 is 0.769 bits per heavy atom. The number of nitro groups is 1. The van der Waals surface area contributed by atoms with E-state index in [0.29, 0.717) is 18.5 Å². The Morgan fingerprint density at radius 2 is 1.48 bits per heavy atom. The normalized spacial score (nSPS) is 19.2. The molecule has 2 N–H and O–H groups in total. The smallest absolute Gasteiger partial charge is 0.269 e. The highest BCUT2D eigenvalue weighted by Crippen LogP contribution is 2.39. The number of carbonyl (C=O) groups excluding carboxylic acids is 1. The summed E-state index contributed by atoms with van der Waals surface area (Å²) in [4.78, 5) is 27.9. The van der Waals surface area contributed by atoms with Gasteiger partial charge in [0.2, 0.25) is 0 Å². The summed E-state index contributed by atoms with van der Waals surface area (Å²) in [5.41, 5.74) is 7.67. The van der Waals surface area contributed by atoms with Crippen LogP contribution in [0.5, 0.6) is 0 Å². The second-order valence-electron chi connectivity index (χ2n) is 13.3. The third-order valence-electron chi connectivity index (χ3n) is 9.81. The first-order chi connectivity index (χ1) is 25.4. The Kier molecular flexibility index (Phi) is 11.0. The average Bonchev–Trinajstić information content (AvgIpc) is 3.20. The van der Waals surface area contributed by atoms with E-state index in [-0.39, 0.29) is 35.3 Å². The number of hydrogen-bond acceptors (Lipinski definition) is 8. The maximum atomic E-state index is 12.6. The number of amides is 1. The predicted molar refractivity (Wildman–Crippen MR) is 200 cm³/mol. The maximum absolute atomic E-state index is 12.6. The zero-order valence-corrected chi connectivity index (χ0v) is 28.8. The molecule has 2 heterocycles. The van der Waals surface area contributed by atoms with Gasteiger partial charge in [-0.3, -0.25) is 19.8 Å². The van der Waals surface area contributed by atoms with E-state index >= 15 is 0 Å². The highest BCUT2D eigenvalue weighted by Gasteiger charge is 2.34. The number of ether oxygens (including phenoxy) is 2. The molecule has 0 aromatic heterocycles. The highest BCUT2D eigenvalue weighted by atomic mass is 16.7. The summed E-state index contributed by atoms with van der Waals surface area (Å²) in [5.74, 6) is -0.103. The number of non-ortho nitro benzene ring substituents is 1. The fourth-order valence-electron chi connectivity index (χ4n) is 6.86. The van der Waals surface area contributed by atoms with E-state index in [1.54, 1.807) is 24.3 Å². The quantitative estimate of drug-likeness (QED) is 0.111. The van der Waals surface area contributed by atoms with E-state index < -0.39 is 6.29 Å². The number of nitrogens with zero attached hydrogens (tertiary/aromatic N) is 3. The summed E-state index contributed by atoms with van der Waals surface area (Å²) in [5, 5.41) is 23.7. The predicted octanol–water partition coefficient (Wildman–Crippen LogP) is 7.05. The number of benzene rings is 5. The van der Waals surface area contributed by atoms with Gasteiger partial charge < -0.3 is 24.8 Å². The number of nitro benzene ring substituents is 1. The minimum Gasteiger partial charge on any atom is -0.392 e. The first-order valence-corrected chi connectivity index (χ1v) is 17.7. The molecule has 2 aliphatic heterocycles. The van der Waals surface area contributed by atoms with Crippen molar-refractivity contribution in [1.82, 2.24) is 10.2 Å². The van der Waals surface area contributed by atoms with Gasteiger partial charge in [0.1, 0.15) is 0 Å². The van der Waals surface area contributed by atoms with Crippen LogP contribution in [-0.2, 0) is 22.6 Å². The fraction of sp³-hybridized carbons (Fsp3) is 0.262. The van der Waals surface area contributed by atoms with Crippen LogP contribution in [0.3, 0.4) is 0 Å². The molecular weight excluding hydrogens is 656 g/mol. The van der Waals surface area contributed by atoms with Crippen LogP contribution < -0.4 is 10.2 Å². The largest absolute Gasteiger partial charge is 0.392 e. The minimum absolute atomic E-state index is 0.0103. The van der Waals surface area contributed by atoms with Gasteiger partial charge in [-0.2, -0.15) is 0 Å². The van der Waals surface area contributed by atoms with E-state index in [0.717, 1.165) is 71.8 Å². The molecule has 1 amide bonds. The number of hydrogen-bond donors (Lipinski definition) is 2. The lowest BCUT2D eigenvalue weighted by Gasteiger charge is -2.41. The van der Waals surface area contributed by atoms with Crippen molar-refractivity contribution in [2.75, 3.05) is 37.6 Å². The zero-order valence-electron chi connectivity index (χ0n) is 28.8. The molecule has 0 radical (unpaired) electrons. The van der Waals surface area contributed by atoms with E-state index in [2.05, 4.69) is 51.5 Å². The second-order valence-corrected chi connectivity index (χ2v) is 13.3. The molecule has 2 saturated heterocycles. The molecule has 52 heavy (non-hydrogen) atoms. The number of nitrogens with one attached hydrogen (secondary N) is 1. The fourth-order valence-corrected chi connectivity index (χ4v) is 6.86. The van der Waals surface area contributed by atoms with E-state index in [1.165, 1.54) is 0 Å². The van der Waals surface area contributed by atoms with Gasteiger partial charge in [-0.05, 0) is 58.1 Å². The molecular formula is C42H42N4O6.